The molecular weight excluding hydrogens is 415 g/mol. The van der Waals surface area contributed by atoms with Crippen molar-refractivity contribution >= 4 is 17.7 Å². The molecule has 2 atom stereocenters. The summed E-state index contributed by atoms with van der Waals surface area (Å²) in [5.41, 5.74) is -2.09. The first kappa shape index (κ1) is 23.7. The Labute approximate surface area is 172 Å². The molecule has 29 heavy (non-hydrogen) atoms. The number of piperazine rings is 1. The van der Waals surface area contributed by atoms with Gasteiger partial charge in [-0.3, -0.25) is 4.90 Å². The van der Waals surface area contributed by atoms with Crippen molar-refractivity contribution in [3.8, 4) is 0 Å². The van der Waals surface area contributed by atoms with Gasteiger partial charge in [-0.15, -0.1) is 0 Å². The lowest BCUT2D eigenvalue weighted by Crippen LogP contribution is -2.57. The maximum atomic E-state index is 13.0. The van der Waals surface area contributed by atoms with E-state index in [1.807, 2.05) is 0 Å². The lowest BCUT2D eigenvalue weighted by molar-refractivity contribution is -0.141. The van der Waals surface area contributed by atoms with Crippen LogP contribution in [0, 0.1) is 0 Å². The van der Waals surface area contributed by atoms with Gasteiger partial charge in [-0.05, 0) is 32.9 Å². The summed E-state index contributed by atoms with van der Waals surface area (Å²) in [6.07, 6.45) is -6.57. The molecule has 0 aromatic carbocycles. The first-order valence-electron chi connectivity index (χ1n) is 9.06. The third kappa shape index (κ3) is 6.43. The van der Waals surface area contributed by atoms with Crippen LogP contribution in [0.4, 0.5) is 18.0 Å². The molecule has 1 aromatic heterocycles. The van der Waals surface area contributed by atoms with Crippen molar-refractivity contribution in [3.05, 3.63) is 28.5 Å². The number of pyridine rings is 1. The number of rotatable bonds is 4. The van der Waals surface area contributed by atoms with Crippen LogP contribution in [0.5, 0.6) is 0 Å². The Morgan fingerprint density at radius 1 is 1.34 bits per heavy atom. The van der Waals surface area contributed by atoms with Crippen molar-refractivity contribution in [1.29, 1.82) is 0 Å². The van der Waals surface area contributed by atoms with Crippen LogP contribution < -0.4 is 0 Å². The predicted molar refractivity (Wildman–Crippen MR) is 99.5 cm³/mol. The Hall–Kier alpha value is -1.62. The van der Waals surface area contributed by atoms with Crippen LogP contribution in [0.1, 0.15) is 38.3 Å². The van der Waals surface area contributed by atoms with Crippen LogP contribution in [0.3, 0.4) is 0 Å². The molecule has 0 spiro atoms. The zero-order valence-corrected chi connectivity index (χ0v) is 17.2. The highest BCUT2D eigenvalue weighted by Gasteiger charge is 2.37. The minimum Gasteiger partial charge on any atom is -0.444 e. The fourth-order valence-electron chi connectivity index (χ4n) is 2.96. The molecule has 1 aliphatic rings. The summed E-state index contributed by atoms with van der Waals surface area (Å²) < 4.78 is 44.3. The highest BCUT2D eigenvalue weighted by Crippen LogP contribution is 2.34. The molecule has 11 heteroatoms. The van der Waals surface area contributed by atoms with Gasteiger partial charge in [0.25, 0.3) is 0 Å². The van der Waals surface area contributed by atoms with Crippen LogP contribution in [0.2, 0.25) is 5.02 Å². The van der Waals surface area contributed by atoms with E-state index in [0.717, 1.165) is 6.07 Å². The number of hydrogen-bond acceptors (Lipinski definition) is 6. The minimum absolute atomic E-state index is 0.0562. The molecule has 1 amide bonds. The average molecular weight is 440 g/mol. The van der Waals surface area contributed by atoms with Crippen molar-refractivity contribution in [2.45, 2.75) is 44.7 Å². The van der Waals surface area contributed by atoms with Crippen molar-refractivity contribution < 1.29 is 32.9 Å². The largest absolute Gasteiger partial charge is 0.444 e. The van der Waals surface area contributed by atoms with Crippen molar-refractivity contribution in [3.63, 3.8) is 0 Å². The van der Waals surface area contributed by atoms with E-state index in [-0.39, 0.29) is 25.4 Å². The number of carbonyl (C=O) groups excluding carboxylic acids is 1. The first-order valence-corrected chi connectivity index (χ1v) is 9.44. The van der Waals surface area contributed by atoms with E-state index in [1.165, 1.54) is 11.0 Å². The Morgan fingerprint density at radius 3 is 2.55 bits per heavy atom. The predicted octanol–water partition coefficient (Wildman–Crippen LogP) is 2.70. The van der Waals surface area contributed by atoms with Crippen molar-refractivity contribution in [2.24, 2.45) is 0 Å². The van der Waals surface area contributed by atoms with E-state index in [1.54, 1.807) is 25.7 Å². The topological polar surface area (TPSA) is 86.1 Å². The molecule has 1 unspecified atom stereocenters. The van der Waals surface area contributed by atoms with Crippen LogP contribution in [0.25, 0.3) is 0 Å². The lowest BCUT2D eigenvalue weighted by Gasteiger charge is -2.41. The molecule has 1 saturated heterocycles. The number of β-amino-alcohol motifs (C(OH)–C–C–N with tert-alkyl or cyclic N) is 1. The van der Waals surface area contributed by atoms with E-state index >= 15 is 0 Å². The quantitative estimate of drug-likeness (QED) is 0.750. The van der Waals surface area contributed by atoms with Crippen molar-refractivity contribution in [2.75, 3.05) is 32.8 Å². The zero-order valence-electron chi connectivity index (χ0n) is 16.4. The number of aromatic nitrogens is 1. The van der Waals surface area contributed by atoms with E-state index in [0.29, 0.717) is 13.1 Å². The molecule has 0 bridgehead atoms. The molecule has 0 radical (unpaired) electrons. The van der Waals surface area contributed by atoms with Gasteiger partial charge in [-0.25, -0.2) is 9.78 Å². The van der Waals surface area contributed by atoms with Crippen LogP contribution >= 0.6 is 11.6 Å². The summed E-state index contributed by atoms with van der Waals surface area (Å²) in [5.74, 6) is 0. The Balaban J connectivity index is 2.06. The number of amides is 1. The third-order valence-corrected chi connectivity index (χ3v) is 4.66. The zero-order chi connectivity index (χ0) is 22.0. The van der Waals surface area contributed by atoms with Gasteiger partial charge in [0.05, 0.1) is 23.4 Å². The van der Waals surface area contributed by atoms with Gasteiger partial charge < -0.3 is 19.8 Å². The molecule has 2 rings (SSSR count). The maximum absolute atomic E-state index is 13.0. The monoisotopic (exact) mass is 439 g/mol. The van der Waals surface area contributed by atoms with Crippen LogP contribution in [0.15, 0.2) is 12.1 Å². The molecule has 0 saturated carbocycles. The molecule has 164 valence electrons. The SMILES string of the molecule is CC(C)(C)OC(=O)N1CCN(CC(O)c2ccc(Cl)c(C(F)(F)F)n2)[C@H](CO)C1. The Bertz CT molecular complexity index is 727. The van der Waals surface area contributed by atoms with Crippen LogP contribution in [-0.2, 0) is 10.9 Å². The maximum Gasteiger partial charge on any atom is 0.434 e. The number of nitrogens with zero attached hydrogens (tertiary/aromatic N) is 3. The molecule has 1 fully saturated rings. The summed E-state index contributed by atoms with van der Waals surface area (Å²) >= 11 is 5.56. The molecule has 2 N–H and O–H groups in total. The Morgan fingerprint density at radius 2 is 2.00 bits per heavy atom. The number of carbonyl (C=O) groups is 1. The van der Waals surface area contributed by atoms with Crippen LogP contribution in [-0.4, -0.2) is 75.5 Å². The molecule has 1 aromatic rings. The van der Waals surface area contributed by atoms with E-state index < -0.39 is 40.7 Å². The number of alkyl halides is 3. The number of aliphatic hydroxyl groups excluding tert-OH is 2. The highest BCUT2D eigenvalue weighted by molar-refractivity contribution is 6.31. The summed E-state index contributed by atoms with van der Waals surface area (Å²) in [6, 6.07) is 1.77. The number of hydrogen-bond donors (Lipinski definition) is 2. The number of halogens is 4. The molecule has 7 nitrogen and oxygen atoms in total. The highest BCUT2D eigenvalue weighted by atomic mass is 35.5. The van der Waals surface area contributed by atoms with Gasteiger partial charge in [-0.2, -0.15) is 13.2 Å². The fraction of sp³-hybridized carbons (Fsp3) is 0.667. The van der Waals surface area contributed by atoms with Gasteiger partial charge in [-0.1, -0.05) is 11.6 Å². The third-order valence-electron chi connectivity index (χ3n) is 4.35. The second-order valence-electron chi connectivity index (χ2n) is 7.84. The van der Waals surface area contributed by atoms with E-state index in [9.17, 15) is 28.2 Å². The van der Waals surface area contributed by atoms with Crippen molar-refractivity contribution in [1.82, 2.24) is 14.8 Å². The van der Waals surface area contributed by atoms with E-state index in [4.69, 9.17) is 16.3 Å². The molecule has 2 heterocycles. The summed E-state index contributed by atoms with van der Waals surface area (Å²) in [6.45, 7) is 5.65. The summed E-state index contributed by atoms with van der Waals surface area (Å²) in [5, 5.41) is 19.5. The lowest BCUT2D eigenvalue weighted by atomic mass is 10.1. The minimum atomic E-state index is -4.74. The normalized spacial score (nSPS) is 19.9. The Kier molecular flexibility index (Phi) is 7.37. The molecular formula is C18H25ClF3N3O4. The summed E-state index contributed by atoms with van der Waals surface area (Å²) in [4.78, 5) is 18.8. The second kappa shape index (κ2) is 9.03. The van der Waals surface area contributed by atoms with Gasteiger partial charge >= 0.3 is 12.3 Å². The van der Waals surface area contributed by atoms with Gasteiger partial charge in [0.2, 0.25) is 0 Å². The smallest absolute Gasteiger partial charge is 0.434 e. The number of aliphatic hydroxyl groups is 2. The van der Waals surface area contributed by atoms with Gasteiger partial charge in [0, 0.05) is 26.2 Å². The average Bonchev–Trinajstić information content (AvgIpc) is 2.59. The summed E-state index contributed by atoms with van der Waals surface area (Å²) in [7, 11) is 0. The number of ether oxygens (including phenoxy) is 1. The molecule has 0 aliphatic carbocycles. The van der Waals surface area contributed by atoms with Gasteiger partial charge in [0.15, 0.2) is 5.69 Å². The first-order chi connectivity index (χ1) is 13.3. The molecule has 1 aliphatic heterocycles. The van der Waals surface area contributed by atoms with E-state index in [2.05, 4.69) is 4.98 Å². The standard InChI is InChI=1S/C18H25ClF3N3O4/c1-17(2,3)29-16(28)25-7-6-24(11(8-25)10-26)9-14(27)13-5-4-12(19)15(23-13)18(20,21)22/h4-5,11,14,26-27H,6-10H2,1-3H3/t11-,14?/m0/s1. The second-order valence-corrected chi connectivity index (χ2v) is 8.24. The van der Waals surface area contributed by atoms with Gasteiger partial charge in [0.1, 0.15) is 11.7 Å². The fourth-order valence-corrected chi connectivity index (χ4v) is 3.17.